The molecule has 0 heterocycles. The van der Waals surface area contributed by atoms with Crippen molar-refractivity contribution in [1.82, 2.24) is 5.32 Å². The van der Waals surface area contributed by atoms with Crippen molar-refractivity contribution in [2.75, 3.05) is 6.54 Å². The summed E-state index contributed by atoms with van der Waals surface area (Å²) in [4.78, 5) is 0. The molecule has 0 atom stereocenters. The van der Waals surface area contributed by atoms with Crippen molar-refractivity contribution in [2.24, 2.45) is 0 Å². The number of ether oxygens (including phenoxy) is 1. The van der Waals surface area contributed by atoms with Crippen LogP contribution in [0.15, 0.2) is 24.3 Å². The van der Waals surface area contributed by atoms with Crippen molar-refractivity contribution in [1.29, 1.82) is 0 Å². The molecule has 0 aliphatic heterocycles. The largest absolute Gasteiger partial charge is 0.370 e. The second kappa shape index (κ2) is 5.82. The van der Waals surface area contributed by atoms with Crippen LogP contribution >= 0.6 is 11.6 Å². The highest BCUT2D eigenvalue weighted by Gasteiger charge is 2.37. The standard InChI is InChI=1S/C16H22ClNO/c17-14-4-1-3-13(11-14)12-19-16(7-2-8-16)9-10-18-15-5-6-15/h1,3-4,11,15,18H,2,5-10,12H2. The highest BCUT2D eigenvalue weighted by Crippen LogP contribution is 2.39. The zero-order valence-electron chi connectivity index (χ0n) is 11.3. The Morgan fingerprint density at radius 3 is 2.79 bits per heavy atom. The van der Waals surface area contributed by atoms with E-state index in [9.17, 15) is 0 Å². The van der Waals surface area contributed by atoms with Gasteiger partial charge in [-0.15, -0.1) is 0 Å². The molecule has 0 amide bonds. The molecule has 1 aromatic rings. The van der Waals surface area contributed by atoms with E-state index >= 15 is 0 Å². The molecule has 2 aliphatic rings. The summed E-state index contributed by atoms with van der Waals surface area (Å²) in [6, 6.07) is 8.77. The minimum atomic E-state index is 0.129. The zero-order chi connectivity index (χ0) is 13.1. The van der Waals surface area contributed by atoms with Crippen molar-refractivity contribution in [3.63, 3.8) is 0 Å². The monoisotopic (exact) mass is 279 g/mol. The van der Waals surface area contributed by atoms with Gasteiger partial charge in [0.1, 0.15) is 0 Å². The maximum atomic E-state index is 6.21. The Morgan fingerprint density at radius 2 is 2.16 bits per heavy atom. The predicted molar refractivity (Wildman–Crippen MR) is 78.5 cm³/mol. The van der Waals surface area contributed by atoms with E-state index in [1.807, 2.05) is 18.2 Å². The lowest BCUT2D eigenvalue weighted by Crippen LogP contribution is -2.42. The van der Waals surface area contributed by atoms with Crippen LogP contribution in [0.1, 0.15) is 44.1 Å². The van der Waals surface area contributed by atoms with Gasteiger partial charge in [-0.3, -0.25) is 0 Å². The van der Waals surface area contributed by atoms with Crippen molar-refractivity contribution in [3.05, 3.63) is 34.9 Å². The maximum absolute atomic E-state index is 6.21. The fourth-order valence-electron chi connectivity index (χ4n) is 2.69. The van der Waals surface area contributed by atoms with Crippen LogP contribution in [0.3, 0.4) is 0 Å². The van der Waals surface area contributed by atoms with Gasteiger partial charge in [0.05, 0.1) is 12.2 Å². The number of halogens is 1. The third-order valence-electron chi connectivity index (χ3n) is 4.29. The van der Waals surface area contributed by atoms with Gasteiger partial charge < -0.3 is 10.1 Å². The first kappa shape index (κ1) is 13.4. The molecule has 0 saturated heterocycles. The second-order valence-corrected chi connectivity index (χ2v) is 6.37. The molecule has 19 heavy (non-hydrogen) atoms. The number of hydrogen-bond acceptors (Lipinski definition) is 2. The van der Waals surface area contributed by atoms with E-state index in [1.165, 1.54) is 37.7 Å². The molecule has 2 nitrogen and oxygen atoms in total. The fourth-order valence-corrected chi connectivity index (χ4v) is 2.91. The van der Waals surface area contributed by atoms with E-state index < -0.39 is 0 Å². The van der Waals surface area contributed by atoms with Gasteiger partial charge in [0.25, 0.3) is 0 Å². The summed E-state index contributed by atoms with van der Waals surface area (Å²) in [6.45, 7) is 1.78. The summed E-state index contributed by atoms with van der Waals surface area (Å²) >= 11 is 6.00. The van der Waals surface area contributed by atoms with Crippen LogP contribution in [0.2, 0.25) is 5.02 Å². The summed E-state index contributed by atoms with van der Waals surface area (Å²) in [5, 5.41) is 4.38. The lowest BCUT2D eigenvalue weighted by molar-refractivity contribution is -0.114. The molecule has 1 aromatic carbocycles. The average molecular weight is 280 g/mol. The molecule has 1 N–H and O–H groups in total. The summed E-state index contributed by atoms with van der Waals surface area (Å²) in [5.41, 5.74) is 1.30. The van der Waals surface area contributed by atoms with Gasteiger partial charge in [-0.1, -0.05) is 23.7 Å². The molecule has 2 fully saturated rings. The molecule has 0 spiro atoms. The summed E-state index contributed by atoms with van der Waals surface area (Å²) in [7, 11) is 0. The van der Waals surface area contributed by atoms with E-state index in [0.717, 1.165) is 24.0 Å². The Balaban J connectivity index is 1.48. The minimum absolute atomic E-state index is 0.129. The number of hydrogen-bond donors (Lipinski definition) is 1. The van der Waals surface area contributed by atoms with E-state index in [0.29, 0.717) is 6.61 Å². The van der Waals surface area contributed by atoms with Crippen LogP contribution in [0.25, 0.3) is 0 Å². The molecule has 0 aromatic heterocycles. The Bertz CT molecular complexity index is 427. The van der Waals surface area contributed by atoms with Crippen molar-refractivity contribution >= 4 is 11.6 Å². The van der Waals surface area contributed by atoms with E-state index in [1.54, 1.807) is 0 Å². The van der Waals surface area contributed by atoms with Crippen molar-refractivity contribution in [2.45, 2.75) is 56.8 Å². The van der Waals surface area contributed by atoms with Gasteiger partial charge in [-0.25, -0.2) is 0 Å². The molecule has 3 heteroatoms. The van der Waals surface area contributed by atoms with E-state index in [-0.39, 0.29) is 5.60 Å². The molecular weight excluding hydrogens is 258 g/mol. The Morgan fingerprint density at radius 1 is 1.32 bits per heavy atom. The second-order valence-electron chi connectivity index (χ2n) is 5.93. The minimum Gasteiger partial charge on any atom is -0.370 e. The van der Waals surface area contributed by atoms with Gasteiger partial charge in [0.2, 0.25) is 0 Å². The average Bonchev–Trinajstić information content (AvgIpc) is 3.15. The lowest BCUT2D eigenvalue weighted by atomic mass is 9.77. The van der Waals surface area contributed by atoms with Gasteiger partial charge in [0, 0.05) is 11.1 Å². The molecule has 104 valence electrons. The van der Waals surface area contributed by atoms with Crippen LogP contribution in [0.4, 0.5) is 0 Å². The van der Waals surface area contributed by atoms with E-state index in [2.05, 4.69) is 11.4 Å². The summed E-state index contributed by atoms with van der Waals surface area (Å²) in [5.74, 6) is 0. The van der Waals surface area contributed by atoms with Crippen LogP contribution in [0, 0.1) is 0 Å². The molecule has 2 aliphatic carbocycles. The topological polar surface area (TPSA) is 21.3 Å². The lowest BCUT2D eigenvalue weighted by Gasteiger charge is -2.42. The maximum Gasteiger partial charge on any atom is 0.0724 e. The van der Waals surface area contributed by atoms with Crippen molar-refractivity contribution < 1.29 is 4.74 Å². The van der Waals surface area contributed by atoms with Gasteiger partial charge in [0.15, 0.2) is 0 Å². The summed E-state index contributed by atoms with van der Waals surface area (Å²) in [6.07, 6.45) is 7.58. The van der Waals surface area contributed by atoms with Crippen LogP contribution in [0.5, 0.6) is 0 Å². The smallest absolute Gasteiger partial charge is 0.0724 e. The Labute approximate surface area is 120 Å². The first-order valence-electron chi connectivity index (χ1n) is 7.38. The Kier molecular flexibility index (Phi) is 4.11. The first-order chi connectivity index (χ1) is 9.26. The SMILES string of the molecule is Clc1cccc(COC2(CCNC3CC3)CCC2)c1. The third kappa shape index (κ3) is 3.71. The molecule has 0 unspecified atom stereocenters. The quantitative estimate of drug-likeness (QED) is 0.817. The zero-order valence-corrected chi connectivity index (χ0v) is 12.1. The first-order valence-corrected chi connectivity index (χ1v) is 7.75. The highest BCUT2D eigenvalue weighted by atomic mass is 35.5. The molecule has 2 saturated carbocycles. The normalized spacial score (nSPS) is 21.1. The highest BCUT2D eigenvalue weighted by molar-refractivity contribution is 6.30. The molecule has 0 bridgehead atoms. The van der Waals surface area contributed by atoms with Crippen LogP contribution in [-0.4, -0.2) is 18.2 Å². The third-order valence-corrected chi connectivity index (χ3v) is 4.52. The molecular formula is C16H22ClNO. The van der Waals surface area contributed by atoms with Gasteiger partial charge in [-0.05, 0) is 62.8 Å². The van der Waals surface area contributed by atoms with Crippen LogP contribution in [-0.2, 0) is 11.3 Å². The fraction of sp³-hybridized carbons (Fsp3) is 0.625. The van der Waals surface area contributed by atoms with E-state index in [4.69, 9.17) is 16.3 Å². The van der Waals surface area contributed by atoms with Gasteiger partial charge >= 0.3 is 0 Å². The predicted octanol–water partition coefficient (Wildman–Crippen LogP) is 3.92. The Hall–Kier alpha value is -0.570. The molecule has 0 radical (unpaired) electrons. The van der Waals surface area contributed by atoms with Gasteiger partial charge in [-0.2, -0.15) is 0 Å². The van der Waals surface area contributed by atoms with Crippen molar-refractivity contribution in [3.8, 4) is 0 Å². The number of nitrogens with one attached hydrogen (secondary N) is 1. The number of rotatable bonds is 7. The molecule has 3 rings (SSSR count). The van der Waals surface area contributed by atoms with Crippen LogP contribution < -0.4 is 5.32 Å². The number of benzene rings is 1. The summed E-state index contributed by atoms with van der Waals surface area (Å²) < 4.78 is 6.21.